The predicted molar refractivity (Wildman–Crippen MR) is 140 cm³/mol. The summed E-state index contributed by atoms with van der Waals surface area (Å²) in [5.74, 6) is 0. The van der Waals surface area contributed by atoms with E-state index >= 15 is 0 Å². The second-order valence-electron chi connectivity index (χ2n) is 8.99. The number of aryl methyl sites for hydroxylation is 1. The molecule has 0 aliphatic rings. The standard InChI is InChI=1S/C28H26Cl3N3/c1-28(2,18-33)27(22-9-13-25(30)26(31)16-22)34-24(12-8-19-6-10-23(29)11-7-19)15-20-4-3-5-21(14-20)17-32/h3-7,9-11,13-14,16,24,27,34H,8,12,15H2,1-2H3/t24-,27-/m0/s1. The zero-order valence-corrected chi connectivity index (χ0v) is 21.4. The molecule has 34 heavy (non-hydrogen) atoms. The maximum Gasteiger partial charge on any atom is 0.0991 e. The summed E-state index contributed by atoms with van der Waals surface area (Å²) in [5, 5.41) is 24.7. The minimum atomic E-state index is -0.704. The van der Waals surface area contributed by atoms with E-state index in [2.05, 4.69) is 17.5 Å². The van der Waals surface area contributed by atoms with Crippen molar-refractivity contribution in [2.75, 3.05) is 0 Å². The van der Waals surface area contributed by atoms with Gasteiger partial charge >= 0.3 is 0 Å². The molecule has 0 aliphatic carbocycles. The van der Waals surface area contributed by atoms with Gasteiger partial charge in [0.2, 0.25) is 0 Å². The zero-order chi connectivity index (χ0) is 24.7. The number of rotatable bonds is 9. The van der Waals surface area contributed by atoms with E-state index < -0.39 is 5.41 Å². The van der Waals surface area contributed by atoms with Crippen molar-refractivity contribution < 1.29 is 0 Å². The molecular weight excluding hydrogens is 485 g/mol. The van der Waals surface area contributed by atoms with Gasteiger partial charge in [0.05, 0.1) is 39.2 Å². The SMILES string of the molecule is CC(C)(C#N)[C@@H](N[C@@H](CCc1ccc(Cl)cc1)Cc1cccc(C#N)c1)c1ccc(Cl)c(Cl)c1. The normalized spacial score (nSPS) is 13.0. The second kappa shape index (κ2) is 11.7. The molecule has 0 aliphatic heterocycles. The van der Waals surface area contributed by atoms with Crippen LogP contribution in [0.5, 0.6) is 0 Å². The monoisotopic (exact) mass is 509 g/mol. The van der Waals surface area contributed by atoms with Gasteiger partial charge in [-0.25, -0.2) is 0 Å². The molecule has 0 heterocycles. The molecule has 2 atom stereocenters. The molecule has 0 radical (unpaired) electrons. The van der Waals surface area contributed by atoms with E-state index in [1.165, 1.54) is 5.56 Å². The summed E-state index contributed by atoms with van der Waals surface area (Å²) in [7, 11) is 0. The molecule has 3 nitrogen and oxygen atoms in total. The number of halogens is 3. The molecule has 3 rings (SSSR count). The first kappa shape index (κ1) is 26.1. The van der Waals surface area contributed by atoms with Gasteiger partial charge in [0.1, 0.15) is 0 Å². The highest BCUT2D eigenvalue weighted by molar-refractivity contribution is 6.42. The van der Waals surface area contributed by atoms with Crippen LogP contribution >= 0.6 is 34.8 Å². The molecule has 3 aromatic rings. The van der Waals surface area contributed by atoms with Crippen LogP contribution in [0.2, 0.25) is 15.1 Å². The van der Waals surface area contributed by atoms with E-state index in [4.69, 9.17) is 34.8 Å². The van der Waals surface area contributed by atoms with E-state index in [9.17, 15) is 10.5 Å². The first-order valence-corrected chi connectivity index (χ1v) is 12.2. The Morgan fingerprint density at radius 3 is 2.26 bits per heavy atom. The minimum absolute atomic E-state index is 0.0386. The quantitative estimate of drug-likeness (QED) is 0.318. The lowest BCUT2D eigenvalue weighted by atomic mass is 9.80. The molecule has 0 amide bonds. The summed E-state index contributed by atoms with van der Waals surface area (Å²) in [5.41, 5.74) is 3.09. The fourth-order valence-corrected chi connectivity index (χ4v) is 4.43. The molecule has 0 unspecified atom stereocenters. The van der Waals surface area contributed by atoms with E-state index in [0.717, 1.165) is 24.0 Å². The van der Waals surface area contributed by atoms with Crippen LogP contribution in [0, 0.1) is 28.1 Å². The Labute approximate surface area is 216 Å². The summed E-state index contributed by atoms with van der Waals surface area (Å²) >= 11 is 18.5. The summed E-state index contributed by atoms with van der Waals surface area (Å²) < 4.78 is 0. The van der Waals surface area contributed by atoms with Gasteiger partial charge in [-0.15, -0.1) is 0 Å². The van der Waals surface area contributed by atoms with Crippen LogP contribution in [0.25, 0.3) is 0 Å². The van der Waals surface area contributed by atoms with E-state index in [1.54, 1.807) is 12.1 Å². The first-order valence-electron chi connectivity index (χ1n) is 11.1. The van der Waals surface area contributed by atoms with Crippen molar-refractivity contribution in [1.82, 2.24) is 5.32 Å². The zero-order valence-electron chi connectivity index (χ0n) is 19.2. The van der Waals surface area contributed by atoms with E-state index in [-0.39, 0.29) is 12.1 Å². The van der Waals surface area contributed by atoms with Gasteiger partial charge in [-0.2, -0.15) is 10.5 Å². The molecule has 0 aromatic heterocycles. The van der Waals surface area contributed by atoms with Crippen LogP contribution in [0.4, 0.5) is 0 Å². The van der Waals surface area contributed by atoms with Gasteiger partial charge in [0.25, 0.3) is 0 Å². The molecule has 3 aromatic carbocycles. The lowest BCUT2D eigenvalue weighted by Gasteiger charge is -2.34. The third-order valence-electron chi connectivity index (χ3n) is 5.92. The van der Waals surface area contributed by atoms with Crippen LogP contribution < -0.4 is 5.32 Å². The van der Waals surface area contributed by atoms with Crippen molar-refractivity contribution >= 4 is 34.8 Å². The largest absolute Gasteiger partial charge is 0.305 e. The molecule has 0 bridgehead atoms. The van der Waals surface area contributed by atoms with Crippen LogP contribution in [-0.4, -0.2) is 6.04 Å². The average molecular weight is 511 g/mol. The third kappa shape index (κ3) is 6.99. The van der Waals surface area contributed by atoms with Gasteiger partial charge in [-0.1, -0.05) is 65.1 Å². The molecular formula is C28H26Cl3N3. The van der Waals surface area contributed by atoms with Crippen LogP contribution in [0.15, 0.2) is 66.7 Å². The number of nitriles is 2. The van der Waals surface area contributed by atoms with Crippen molar-refractivity contribution in [3.63, 3.8) is 0 Å². The highest BCUT2D eigenvalue weighted by atomic mass is 35.5. The van der Waals surface area contributed by atoms with Crippen molar-refractivity contribution in [1.29, 1.82) is 10.5 Å². The predicted octanol–water partition coefficient (Wildman–Crippen LogP) is 7.94. The number of nitrogens with one attached hydrogen (secondary N) is 1. The Balaban J connectivity index is 1.92. The van der Waals surface area contributed by atoms with Crippen LogP contribution in [0.1, 0.15) is 48.6 Å². The smallest absolute Gasteiger partial charge is 0.0991 e. The van der Waals surface area contributed by atoms with Crippen molar-refractivity contribution in [3.05, 3.63) is 104 Å². The number of benzene rings is 3. The molecule has 174 valence electrons. The Hall–Kier alpha value is -2.53. The molecule has 0 spiro atoms. The Morgan fingerprint density at radius 2 is 1.62 bits per heavy atom. The number of nitrogens with zero attached hydrogens (tertiary/aromatic N) is 2. The lowest BCUT2D eigenvalue weighted by Crippen LogP contribution is -2.41. The van der Waals surface area contributed by atoms with Gasteiger partial charge in [-0.3, -0.25) is 0 Å². The topological polar surface area (TPSA) is 59.6 Å². The van der Waals surface area contributed by atoms with Crippen LogP contribution in [-0.2, 0) is 12.8 Å². The highest BCUT2D eigenvalue weighted by Gasteiger charge is 2.33. The Kier molecular flexibility index (Phi) is 9.01. The average Bonchev–Trinajstić information content (AvgIpc) is 2.83. The molecule has 6 heteroatoms. The van der Waals surface area contributed by atoms with Gasteiger partial charge in [0, 0.05) is 11.1 Å². The number of hydrogen-bond donors (Lipinski definition) is 1. The third-order valence-corrected chi connectivity index (χ3v) is 6.91. The fourth-order valence-electron chi connectivity index (χ4n) is 4.00. The minimum Gasteiger partial charge on any atom is -0.305 e. The van der Waals surface area contributed by atoms with Crippen molar-refractivity contribution in [2.24, 2.45) is 5.41 Å². The molecule has 0 saturated heterocycles. The molecule has 1 N–H and O–H groups in total. The summed E-state index contributed by atoms with van der Waals surface area (Å²) in [6, 6.07) is 25.4. The van der Waals surface area contributed by atoms with Gasteiger partial charge < -0.3 is 5.32 Å². The maximum absolute atomic E-state index is 9.96. The highest BCUT2D eigenvalue weighted by Crippen LogP contribution is 2.36. The second-order valence-corrected chi connectivity index (χ2v) is 10.2. The summed E-state index contributed by atoms with van der Waals surface area (Å²) in [6.07, 6.45) is 2.38. The van der Waals surface area contributed by atoms with Crippen molar-refractivity contribution in [3.8, 4) is 12.1 Å². The Bertz CT molecular complexity index is 1210. The fraction of sp³-hybridized carbons (Fsp3) is 0.286. The first-order chi connectivity index (χ1) is 16.2. The maximum atomic E-state index is 9.96. The molecule has 0 saturated carbocycles. The summed E-state index contributed by atoms with van der Waals surface area (Å²) in [4.78, 5) is 0. The Morgan fingerprint density at radius 1 is 0.882 bits per heavy atom. The van der Waals surface area contributed by atoms with Gasteiger partial charge in [-0.05, 0) is 86.2 Å². The number of hydrogen-bond acceptors (Lipinski definition) is 3. The van der Waals surface area contributed by atoms with E-state index in [1.807, 2.05) is 68.4 Å². The summed E-state index contributed by atoms with van der Waals surface area (Å²) in [6.45, 7) is 3.83. The molecule has 0 fully saturated rings. The van der Waals surface area contributed by atoms with Crippen molar-refractivity contribution in [2.45, 2.75) is 45.2 Å². The van der Waals surface area contributed by atoms with Gasteiger partial charge in [0.15, 0.2) is 0 Å². The van der Waals surface area contributed by atoms with Crippen LogP contribution in [0.3, 0.4) is 0 Å². The van der Waals surface area contributed by atoms with E-state index in [0.29, 0.717) is 27.1 Å². The lowest BCUT2D eigenvalue weighted by molar-refractivity contribution is 0.284.